The van der Waals surface area contributed by atoms with Crippen LogP contribution in [0.5, 0.6) is 0 Å². The molecule has 9 heteroatoms. The van der Waals surface area contributed by atoms with Crippen molar-refractivity contribution in [2.45, 2.75) is 9.79 Å². The predicted octanol–water partition coefficient (Wildman–Crippen LogP) is 2.81. The van der Waals surface area contributed by atoms with Crippen LogP contribution in [-0.2, 0) is 9.84 Å². The summed E-state index contributed by atoms with van der Waals surface area (Å²) in [5.41, 5.74) is 6.04. The summed E-state index contributed by atoms with van der Waals surface area (Å²) in [6, 6.07) is 15.4. The Hall–Kier alpha value is -3.98. The smallest absolute Gasteiger partial charge is 0.316 e. The number of ketones is 1. The van der Waals surface area contributed by atoms with Crippen LogP contribution < -0.4 is 16.4 Å². The van der Waals surface area contributed by atoms with E-state index in [1.54, 1.807) is 30.3 Å². The zero-order valence-electron chi connectivity index (χ0n) is 15.4. The molecular weight excluding hydrogens is 406 g/mol. The third kappa shape index (κ3) is 3.31. The topological polar surface area (TPSA) is 135 Å². The number of rotatable bonds is 3. The Morgan fingerprint density at radius 3 is 2.17 bits per heavy atom. The van der Waals surface area contributed by atoms with Crippen molar-refractivity contribution in [3.8, 4) is 0 Å². The second kappa shape index (κ2) is 7.12. The standard InChI is InChI=1S/C21H15N3O5S/c22-21(27)24-14-5-3-4-13(11-14)23-20(26)12-8-9-16-18(10-12)30(28,29)17-7-2-1-6-15(17)19(16)25/h1-11H,(H,23,26)(H3,22,24,27). The number of hydrogen-bond acceptors (Lipinski definition) is 5. The molecular formula is C21H15N3O5S. The molecule has 1 aliphatic heterocycles. The molecule has 0 fully saturated rings. The first-order chi connectivity index (χ1) is 14.3. The molecule has 0 bridgehead atoms. The molecule has 3 aromatic rings. The number of carbonyl (C=O) groups is 3. The molecule has 1 heterocycles. The normalized spacial score (nSPS) is 13.7. The van der Waals surface area contributed by atoms with Gasteiger partial charge in [0.05, 0.1) is 9.79 Å². The number of urea groups is 1. The molecule has 0 unspecified atom stereocenters. The van der Waals surface area contributed by atoms with E-state index in [-0.39, 0.29) is 26.5 Å². The van der Waals surface area contributed by atoms with Crippen LogP contribution >= 0.6 is 0 Å². The number of sulfone groups is 1. The summed E-state index contributed by atoms with van der Waals surface area (Å²) < 4.78 is 26.0. The number of nitrogens with two attached hydrogens (primary N) is 1. The van der Waals surface area contributed by atoms with Crippen molar-refractivity contribution in [1.82, 2.24) is 0 Å². The molecule has 0 aliphatic carbocycles. The first kappa shape index (κ1) is 19.3. The van der Waals surface area contributed by atoms with Crippen LogP contribution in [0.4, 0.5) is 16.2 Å². The van der Waals surface area contributed by atoms with E-state index in [0.29, 0.717) is 11.4 Å². The minimum atomic E-state index is -3.95. The number of primary amides is 1. The summed E-state index contributed by atoms with van der Waals surface area (Å²) >= 11 is 0. The average Bonchev–Trinajstić information content (AvgIpc) is 2.72. The van der Waals surface area contributed by atoms with E-state index in [9.17, 15) is 22.8 Å². The Kier molecular flexibility index (Phi) is 4.59. The Balaban J connectivity index is 1.68. The number of nitrogens with one attached hydrogen (secondary N) is 2. The fourth-order valence-electron chi connectivity index (χ4n) is 3.25. The van der Waals surface area contributed by atoms with Gasteiger partial charge in [0.2, 0.25) is 9.84 Å². The van der Waals surface area contributed by atoms with Gasteiger partial charge in [-0.15, -0.1) is 0 Å². The SMILES string of the molecule is NC(=O)Nc1cccc(NC(=O)c2ccc3c(c2)S(=O)(=O)c2ccccc2C3=O)c1. The van der Waals surface area contributed by atoms with Gasteiger partial charge in [-0.25, -0.2) is 13.2 Å². The largest absolute Gasteiger partial charge is 0.351 e. The second-order valence-corrected chi connectivity index (χ2v) is 8.45. The van der Waals surface area contributed by atoms with Gasteiger partial charge in [-0.05, 0) is 48.5 Å². The Morgan fingerprint density at radius 1 is 0.767 bits per heavy atom. The maximum Gasteiger partial charge on any atom is 0.316 e. The quantitative estimate of drug-likeness (QED) is 0.467. The van der Waals surface area contributed by atoms with Crippen LogP contribution in [-0.4, -0.2) is 26.1 Å². The van der Waals surface area contributed by atoms with Gasteiger partial charge >= 0.3 is 6.03 Å². The van der Waals surface area contributed by atoms with E-state index in [4.69, 9.17) is 5.73 Å². The first-order valence-electron chi connectivity index (χ1n) is 8.78. The maximum atomic E-state index is 13.0. The minimum Gasteiger partial charge on any atom is -0.351 e. The third-order valence-corrected chi connectivity index (χ3v) is 6.44. The lowest BCUT2D eigenvalue weighted by molar-refractivity contribution is 0.101. The first-order valence-corrected chi connectivity index (χ1v) is 10.3. The van der Waals surface area contributed by atoms with Crippen LogP contribution in [0.15, 0.2) is 76.5 Å². The van der Waals surface area contributed by atoms with Gasteiger partial charge in [0.25, 0.3) is 5.91 Å². The van der Waals surface area contributed by atoms with Crippen molar-refractivity contribution in [3.63, 3.8) is 0 Å². The van der Waals surface area contributed by atoms with E-state index in [0.717, 1.165) is 0 Å². The van der Waals surface area contributed by atoms with E-state index >= 15 is 0 Å². The molecule has 0 aromatic heterocycles. The summed E-state index contributed by atoms with van der Waals surface area (Å²) in [7, 11) is -3.95. The Labute approximate surface area is 171 Å². The van der Waals surface area contributed by atoms with Gasteiger partial charge in [0, 0.05) is 28.1 Å². The number of hydrogen-bond donors (Lipinski definition) is 3. The fraction of sp³-hybridized carbons (Fsp3) is 0. The molecule has 0 saturated carbocycles. The highest BCUT2D eigenvalue weighted by atomic mass is 32.2. The van der Waals surface area contributed by atoms with Gasteiger partial charge in [0.1, 0.15) is 0 Å². The van der Waals surface area contributed by atoms with Crippen molar-refractivity contribution in [1.29, 1.82) is 0 Å². The van der Waals surface area contributed by atoms with E-state index in [1.165, 1.54) is 36.4 Å². The number of anilines is 2. The molecule has 150 valence electrons. The predicted molar refractivity (Wildman–Crippen MR) is 109 cm³/mol. The summed E-state index contributed by atoms with van der Waals surface area (Å²) in [4.78, 5) is 36.0. The zero-order chi connectivity index (χ0) is 21.5. The molecule has 3 aromatic carbocycles. The minimum absolute atomic E-state index is 0.0258. The Bertz CT molecular complexity index is 1330. The lowest BCUT2D eigenvalue weighted by atomic mass is 10.0. The molecule has 8 nitrogen and oxygen atoms in total. The van der Waals surface area contributed by atoms with Gasteiger partial charge in [-0.1, -0.05) is 18.2 Å². The second-order valence-electron chi connectivity index (χ2n) is 6.56. The zero-order valence-corrected chi connectivity index (χ0v) is 16.2. The van der Waals surface area contributed by atoms with Gasteiger partial charge in [-0.2, -0.15) is 0 Å². The summed E-state index contributed by atoms with van der Waals surface area (Å²) in [6.07, 6.45) is 0. The number of amides is 3. The number of carbonyl (C=O) groups excluding carboxylic acids is 3. The lowest BCUT2D eigenvalue weighted by Gasteiger charge is -2.19. The highest BCUT2D eigenvalue weighted by Crippen LogP contribution is 2.34. The molecule has 0 saturated heterocycles. The van der Waals surface area contributed by atoms with Crippen molar-refractivity contribution >= 4 is 38.9 Å². The summed E-state index contributed by atoms with van der Waals surface area (Å²) in [5, 5.41) is 5.02. The maximum absolute atomic E-state index is 13.0. The number of fused-ring (bicyclic) bond motifs is 2. The van der Waals surface area contributed by atoms with Crippen molar-refractivity contribution < 1.29 is 22.8 Å². The van der Waals surface area contributed by atoms with E-state index in [2.05, 4.69) is 10.6 Å². The summed E-state index contributed by atoms with van der Waals surface area (Å²) in [5.74, 6) is -0.983. The van der Waals surface area contributed by atoms with Crippen LogP contribution in [0, 0.1) is 0 Å². The molecule has 0 radical (unpaired) electrons. The monoisotopic (exact) mass is 421 g/mol. The summed E-state index contributed by atoms with van der Waals surface area (Å²) in [6.45, 7) is 0. The molecule has 4 rings (SSSR count). The fourth-order valence-corrected chi connectivity index (χ4v) is 4.92. The van der Waals surface area contributed by atoms with Crippen molar-refractivity contribution in [2.24, 2.45) is 5.73 Å². The number of benzene rings is 3. The van der Waals surface area contributed by atoms with E-state index in [1.807, 2.05) is 0 Å². The molecule has 0 spiro atoms. The van der Waals surface area contributed by atoms with Gasteiger partial charge in [-0.3, -0.25) is 9.59 Å². The van der Waals surface area contributed by atoms with Crippen LogP contribution in [0.25, 0.3) is 0 Å². The van der Waals surface area contributed by atoms with Crippen molar-refractivity contribution in [2.75, 3.05) is 10.6 Å². The van der Waals surface area contributed by atoms with Crippen LogP contribution in [0.2, 0.25) is 0 Å². The Morgan fingerprint density at radius 2 is 1.43 bits per heavy atom. The molecule has 4 N–H and O–H groups in total. The molecule has 1 aliphatic rings. The third-order valence-electron chi connectivity index (χ3n) is 4.59. The van der Waals surface area contributed by atoms with Gasteiger partial charge < -0.3 is 16.4 Å². The van der Waals surface area contributed by atoms with Gasteiger partial charge in [0.15, 0.2) is 5.78 Å². The van der Waals surface area contributed by atoms with Crippen LogP contribution in [0.1, 0.15) is 26.3 Å². The van der Waals surface area contributed by atoms with E-state index < -0.39 is 27.6 Å². The highest BCUT2D eigenvalue weighted by molar-refractivity contribution is 7.91. The molecule has 3 amide bonds. The lowest BCUT2D eigenvalue weighted by Crippen LogP contribution is -2.21. The molecule has 0 atom stereocenters. The highest BCUT2D eigenvalue weighted by Gasteiger charge is 2.35. The molecule has 30 heavy (non-hydrogen) atoms. The van der Waals surface area contributed by atoms with Crippen LogP contribution in [0.3, 0.4) is 0 Å². The average molecular weight is 421 g/mol. The van der Waals surface area contributed by atoms with Crippen molar-refractivity contribution in [3.05, 3.63) is 83.4 Å².